The van der Waals surface area contributed by atoms with Crippen LogP contribution in [0.3, 0.4) is 0 Å². The number of benzene rings is 2. The molecule has 5 nitrogen and oxygen atoms in total. The van der Waals surface area contributed by atoms with Crippen molar-refractivity contribution in [3.63, 3.8) is 0 Å². The molecule has 0 amide bonds. The number of sulfonamides is 1. The number of hydrogen-bond donors (Lipinski definition) is 1. The lowest BCUT2D eigenvalue weighted by atomic mass is 10.2. The van der Waals surface area contributed by atoms with Gasteiger partial charge in [0, 0.05) is 25.8 Å². The third-order valence-corrected chi connectivity index (χ3v) is 4.09. The Bertz CT molecular complexity index is 755. The Hall–Kier alpha value is -2.05. The number of rotatable bonds is 4. The summed E-state index contributed by atoms with van der Waals surface area (Å²) in [5, 5.41) is 5.14. The van der Waals surface area contributed by atoms with Crippen molar-refractivity contribution in [3.05, 3.63) is 48.0 Å². The number of aryl methyl sites for hydroxylation is 1. The van der Waals surface area contributed by atoms with Crippen molar-refractivity contribution in [2.45, 2.75) is 11.8 Å². The van der Waals surface area contributed by atoms with Crippen LogP contribution in [-0.4, -0.2) is 22.5 Å². The van der Waals surface area contributed by atoms with Crippen LogP contribution in [0.5, 0.6) is 11.5 Å². The highest BCUT2D eigenvalue weighted by Crippen LogP contribution is 2.27. The summed E-state index contributed by atoms with van der Waals surface area (Å²) in [6.07, 6.45) is 0. The SMILES string of the molecule is Cc1cc(Oc2cccc(N(C)C)c2)ccc1S(N)(=O)=O. The predicted octanol–water partition coefficient (Wildman–Crippen LogP) is 2.50. The highest BCUT2D eigenvalue weighted by Gasteiger charge is 2.12. The molecular weight excluding hydrogens is 288 g/mol. The lowest BCUT2D eigenvalue weighted by molar-refractivity contribution is 0.481. The molecule has 0 atom stereocenters. The Labute approximate surface area is 125 Å². The first-order valence-electron chi connectivity index (χ1n) is 6.36. The summed E-state index contributed by atoms with van der Waals surface area (Å²) in [5.41, 5.74) is 1.57. The van der Waals surface area contributed by atoms with Crippen molar-refractivity contribution < 1.29 is 13.2 Å². The number of nitrogens with two attached hydrogens (primary N) is 1. The van der Waals surface area contributed by atoms with E-state index in [1.54, 1.807) is 19.1 Å². The van der Waals surface area contributed by atoms with Crippen molar-refractivity contribution in [3.8, 4) is 11.5 Å². The number of ether oxygens (including phenoxy) is 1. The van der Waals surface area contributed by atoms with E-state index < -0.39 is 10.0 Å². The van der Waals surface area contributed by atoms with Gasteiger partial charge in [-0.3, -0.25) is 0 Å². The topological polar surface area (TPSA) is 72.6 Å². The fraction of sp³-hybridized carbons (Fsp3) is 0.200. The van der Waals surface area contributed by atoms with Gasteiger partial charge in [0.15, 0.2) is 0 Å². The summed E-state index contributed by atoms with van der Waals surface area (Å²) in [6, 6.07) is 12.3. The zero-order valence-electron chi connectivity index (χ0n) is 12.2. The van der Waals surface area contributed by atoms with Gasteiger partial charge in [0.2, 0.25) is 10.0 Å². The maximum Gasteiger partial charge on any atom is 0.238 e. The molecule has 0 unspecified atom stereocenters. The van der Waals surface area contributed by atoms with E-state index in [9.17, 15) is 8.42 Å². The molecule has 2 rings (SSSR count). The highest BCUT2D eigenvalue weighted by atomic mass is 32.2. The van der Waals surface area contributed by atoms with Crippen LogP contribution in [0.15, 0.2) is 47.4 Å². The number of nitrogens with zero attached hydrogens (tertiary/aromatic N) is 1. The minimum atomic E-state index is -3.70. The van der Waals surface area contributed by atoms with Gasteiger partial charge in [0.05, 0.1) is 4.90 Å². The molecule has 21 heavy (non-hydrogen) atoms. The van der Waals surface area contributed by atoms with Gasteiger partial charge in [-0.15, -0.1) is 0 Å². The molecule has 0 saturated heterocycles. The molecule has 0 aromatic heterocycles. The van der Waals surface area contributed by atoms with Crippen molar-refractivity contribution in [1.82, 2.24) is 0 Å². The van der Waals surface area contributed by atoms with Crippen molar-refractivity contribution in [1.29, 1.82) is 0 Å². The normalized spacial score (nSPS) is 11.2. The fourth-order valence-electron chi connectivity index (χ4n) is 1.97. The van der Waals surface area contributed by atoms with Gasteiger partial charge in [-0.1, -0.05) is 6.07 Å². The summed E-state index contributed by atoms with van der Waals surface area (Å²) in [5.74, 6) is 1.25. The zero-order valence-corrected chi connectivity index (χ0v) is 13.0. The van der Waals surface area contributed by atoms with E-state index in [0.717, 1.165) is 5.69 Å². The second-order valence-electron chi connectivity index (χ2n) is 4.97. The Morgan fingerprint density at radius 1 is 1.05 bits per heavy atom. The summed E-state index contributed by atoms with van der Waals surface area (Å²) in [4.78, 5) is 2.08. The van der Waals surface area contributed by atoms with Gasteiger partial charge in [-0.2, -0.15) is 0 Å². The third-order valence-electron chi connectivity index (χ3n) is 3.02. The maximum absolute atomic E-state index is 11.4. The van der Waals surface area contributed by atoms with E-state index in [-0.39, 0.29) is 4.90 Å². The van der Waals surface area contributed by atoms with Crippen molar-refractivity contribution in [2.75, 3.05) is 19.0 Å². The van der Waals surface area contributed by atoms with Gasteiger partial charge in [0.25, 0.3) is 0 Å². The molecular formula is C15H18N2O3S. The second-order valence-corrected chi connectivity index (χ2v) is 6.50. The van der Waals surface area contributed by atoms with Gasteiger partial charge < -0.3 is 9.64 Å². The standard InChI is InChI=1S/C15H18N2O3S/c1-11-9-14(7-8-15(11)21(16,18)19)20-13-6-4-5-12(10-13)17(2)3/h4-10H,1-3H3,(H2,16,18,19). The van der Waals surface area contributed by atoms with E-state index in [1.165, 1.54) is 6.07 Å². The fourth-order valence-corrected chi connectivity index (χ4v) is 2.73. The molecule has 6 heteroatoms. The minimum Gasteiger partial charge on any atom is -0.457 e. The lowest BCUT2D eigenvalue weighted by Crippen LogP contribution is -2.13. The van der Waals surface area contributed by atoms with Crippen LogP contribution in [0.4, 0.5) is 5.69 Å². The Balaban J connectivity index is 2.29. The lowest BCUT2D eigenvalue weighted by Gasteiger charge is -2.14. The van der Waals surface area contributed by atoms with Gasteiger partial charge in [-0.05, 0) is 42.8 Å². The van der Waals surface area contributed by atoms with E-state index >= 15 is 0 Å². The average molecular weight is 306 g/mol. The van der Waals surface area contributed by atoms with E-state index in [2.05, 4.69) is 0 Å². The molecule has 0 saturated carbocycles. The van der Waals surface area contributed by atoms with Crippen LogP contribution >= 0.6 is 0 Å². The first kappa shape index (κ1) is 15.3. The molecule has 0 aliphatic heterocycles. The summed E-state index contributed by atoms with van der Waals surface area (Å²) < 4.78 is 28.5. The molecule has 2 aromatic rings. The minimum absolute atomic E-state index is 0.108. The van der Waals surface area contributed by atoms with Crippen LogP contribution in [0.2, 0.25) is 0 Å². The molecule has 0 heterocycles. The molecule has 2 aromatic carbocycles. The zero-order chi connectivity index (χ0) is 15.6. The van der Waals surface area contributed by atoms with Crippen LogP contribution in [0.25, 0.3) is 0 Å². The quantitative estimate of drug-likeness (QED) is 0.942. The number of anilines is 1. The van der Waals surface area contributed by atoms with Crippen LogP contribution in [0, 0.1) is 6.92 Å². The molecule has 0 aliphatic carbocycles. The smallest absolute Gasteiger partial charge is 0.238 e. The number of hydrogen-bond acceptors (Lipinski definition) is 4. The molecule has 0 spiro atoms. The van der Waals surface area contributed by atoms with Crippen LogP contribution < -0.4 is 14.8 Å². The summed E-state index contributed by atoms with van der Waals surface area (Å²) in [7, 11) is 0.194. The first-order chi connectivity index (χ1) is 9.77. The van der Waals surface area contributed by atoms with Gasteiger partial charge in [-0.25, -0.2) is 13.6 Å². The maximum atomic E-state index is 11.4. The van der Waals surface area contributed by atoms with Gasteiger partial charge in [0.1, 0.15) is 11.5 Å². The largest absolute Gasteiger partial charge is 0.457 e. The van der Waals surface area contributed by atoms with Crippen molar-refractivity contribution in [2.24, 2.45) is 5.14 Å². The molecule has 0 radical (unpaired) electrons. The van der Waals surface area contributed by atoms with E-state index in [4.69, 9.17) is 9.88 Å². The van der Waals surface area contributed by atoms with Crippen LogP contribution in [0.1, 0.15) is 5.56 Å². The van der Waals surface area contributed by atoms with Crippen LogP contribution in [-0.2, 0) is 10.0 Å². The first-order valence-corrected chi connectivity index (χ1v) is 7.91. The number of primary sulfonamides is 1. The van der Waals surface area contributed by atoms with E-state index in [1.807, 2.05) is 43.3 Å². The summed E-state index contributed by atoms with van der Waals surface area (Å²) in [6.45, 7) is 1.68. The molecule has 2 N–H and O–H groups in total. The Morgan fingerprint density at radius 3 is 2.29 bits per heavy atom. The monoisotopic (exact) mass is 306 g/mol. The Kier molecular flexibility index (Phi) is 4.20. The van der Waals surface area contributed by atoms with Gasteiger partial charge >= 0.3 is 0 Å². The molecule has 0 aliphatic rings. The second kappa shape index (κ2) is 5.75. The highest BCUT2D eigenvalue weighted by molar-refractivity contribution is 7.89. The Morgan fingerprint density at radius 2 is 1.71 bits per heavy atom. The average Bonchev–Trinajstić information content (AvgIpc) is 2.37. The predicted molar refractivity (Wildman–Crippen MR) is 83.4 cm³/mol. The summed E-state index contributed by atoms with van der Waals surface area (Å²) >= 11 is 0. The van der Waals surface area contributed by atoms with E-state index in [0.29, 0.717) is 17.1 Å². The molecule has 112 valence electrons. The molecule has 0 fully saturated rings. The van der Waals surface area contributed by atoms with Crippen molar-refractivity contribution >= 4 is 15.7 Å². The molecule has 0 bridgehead atoms. The third kappa shape index (κ3) is 3.74.